The van der Waals surface area contributed by atoms with E-state index in [1.807, 2.05) is 0 Å². The first-order valence-corrected chi connectivity index (χ1v) is 9.88. The highest BCUT2D eigenvalue weighted by Gasteiger charge is 2.21. The summed E-state index contributed by atoms with van der Waals surface area (Å²) in [6, 6.07) is 15.4. The topological polar surface area (TPSA) is 55.4 Å². The molecule has 1 aliphatic carbocycles. The molecule has 0 unspecified atom stereocenters. The number of fused-ring (bicyclic) bond motifs is 1. The molecule has 1 fully saturated rings. The van der Waals surface area contributed by atoms with Gasteiger partial charge in [0.05, 0.1) is 23.8 Å². The lowest BCUT2D eigenvalue weighted by atomic mass is 10.1. The van der Waals surface area contributed by atoms with E-state index in [2.05, 4.69) is 69.4 Å². The fourth-order valence-corrected chi connectivity index (χ4v) is 4.13. The van der Waals surface area contributed by atoms with Gasteiger partial charge in [0, 0.05) is 5.56 Å². The van der Waals surface area contributed by atoms with Crippen LogP contribution < -0.4 is 0 Å². The Morgan fingerprint density at radius 3 is 2.78 bits per heavy atom. The lowest BCUT2D eigenvalue weighted by Crippen LogP contribution is -2.06. The van der Waals surface area contributed by atoms with Crippen LogP contribution >= 0.6 is 0 Å². The average molecular weight is 357 g/mol. The molecule has 5 nitrogen and oxygen atoms in total. The van der Waals surface area contributed by atoms with Crippen molar-refractivity contribution in [2.75, 3.05) is 6.54 Å². The van der Waals surface area contributed by atoms with E-state index in [1.54, 1.807) is 0 Å². The molecule has 5 heteroatoms. The zero-order valence-corrected chi connectivity index (χ0v) is 15.6. The number of aromatic nitrogens is 3. The number of rotatable bonds is 4. The van der Waals surface area contributed by atoms with Crippen LogP contribution in [0.4, 0.5) is 0 Å². The number of aryl methyl sites for hydroxylation is 1. The van der Waals surface area contributed by atoms with Gasteiger partial charge in [0.15, 0.2) is 5.84 Å². The Bertz CT molecular complexity index is 1050. The first-order valence-electron chi connectivity index (χ1n) is 9.88. The molecule has 2 heterocycles. The van der Waals surface area contributed by atoms with Gasteiger partial charge in [0.2, 0.25) is 0 Å². The van der Waals surface area contributed by atoms with Crippen LogP contribution in [0.15, 0.2) is 52.4 Å². The molecular weight excluding hydrogens is 334 g/mol. The normalized spacial score (nSPS) is 17.5. The van der Waals surface area contributed by atoms with E-state index in [1.165, 1.54) is 36.8 Å². The van der Waals surface area contributed by atoms with Gasteiger partial charge in [-0.2, -0.15) is 0 Å². The maximum absolute atomic E-state index is 4.81. The average Bonchev–Trinajstić information content (AvgIpc) is 3.47. The number of benzene rings is 2. The molecule has 1 saturated carbocycles. The number of hydrogen-bond acceptors (Lipinski definition) is 4. The summed E-state index contributed by atoms with van der Waals surface area (Å²) in [4.78, 5) is 9.47. The zero-order valence-electron chi connectivity index (χ0n) is 15.6. The molecule has 1 aromatic heterocycles. The molecule has 0 radical (unpaired) electrons. The lowest BCUT2D eigenvalue weighted by molar-refractivity contribution is 0.467. The highest BCUT2D eigenvalue weighted by molar-refractivity contribution is 6.17. The number of aliphatic imine (C=N–C) groups is 2. The predicted octanol–water partition coefficient (Wildman–Crippen LogP) is 4.36. The first kappa shape index (κ1) is 16.4. The fraction of sp³-hybridized carbons (Fsp3) is 0.364. The summed E-state index contributed by atoms with van der Waals surface area (Å²) in [5, 5.41) is 8.82. The maximum Gasteiger partial charge on any atom is 0.155 e. The van der Waals surface area contributed by atoms with Crippen LogP contribution in [0.1, 0.15) is 55.3 Å². The van der Waals surface area contributed by atoms with Gasteiger partial charge in [0.25, 0.3) is 0 Å². The molecular formula is C22H23N5. The van der Waals surface area contributed by atoms with E-state index >= 15 is 0 Å². The van der Waals surface area contributed by atoms with Gasteiger partial charge in [-0.3, -0.25) is 4.99 Å². The third kappa shape index (κ3) is 2.97. The quantitative estimate of drug-likeness (QED) is 0.697. The van der Waals surface area contributed by atoms with E-state index in [0.717, 1.165) is 34.6 Å². The standard InChI is InChI=1S/C22H23N5/c1-2-15-6-5-7-16(12-15)20-14-23-22(24-20)17-10-11-21-19(13-17)25-26-27(21)18-8-3-4-9-18/h5-7,10-13,18H,2-4,8-9,14H2,1H3. The molecule has 0 spiro atoms. The van der Waals surface area contributed by atoms with Crippen LogP contribution in [0.3, 0.4) is 0 Å². The molecule has 3 aromatic rings. The molecule has 136 valence electrons. The Balaban J connectivity index is 1.44. The van der Waals surface area contributed by atoms with Crippen molar-refractivity contribution < 1.29 is 0 Å². The minimum Gasteiger partial charge on any atom is -0.260 e. The minimum atomic E-state index is 0.500. The smallest absolute Gasteiger partial charge is 0.155 e. The van der Waals surface area contributed by atoms with Crippen molar-refractivity contribution in [2.24, 2.45) is 9.98 Å². The van der Waals surface area contributed by atoms with Crippen molar-refractivity contribution in [1.29, 1.82) is 0 Å². The molecule has 1 aliphatic heterocycles. The monoisotopic (exact) mass is 357 g/mol. The maximum atomic E-state index is 4.81. The SMILES string of the molecule is CCc1cccc(C2=NC(c3ccc4c(c3)nnn4C3CCCC3)=NC2)c1. The van der Waals surface area contributed by atoms with Crippen LogP contribution in [0.25, 0.3) is 11.0 Å². The van der Waals surface area contributed by atoms with Crippen LogP contribution in [0.5, 0.6) is 0 Å². The summed E-state index contributed by atoms with van der Waals surface area (Å²) in [7, 11) is 0. The second kappa shape index (κ2) is 6.72. The number of nitrogens with zero attached hydrogens (tertiary/aromatic N) is 5. The summed E-state index contributed by atoms with van der Waals surface area (Å²) < 4.78 is 2.10. The van der Waals surface area contributed by atoms with Gasteiger partial charge in [-0.1, -0.05) is 43.2 Å². The van der Waals surface area contributed by atoms with Gasteiger partial charge in [-0.15, -0.1) is 5.10 Å². The molecule has 0 saturated heterocycles. The third-order valence-corrected chi connectivity index (χ3v) is 5.69. The van der Waals surface area contributed by atoms with Gasteiger partial charge >= 0.3 is 0 Å². The summed E-state index contributed by atoms with van der Waals surface area (Å²) in [5.41, 5.74) is 6.59. The molecule has 2 aliphatic rings. The van der Waals surface area contributed by atoms with Crippen LogP contribution in [-0.4, -0.2) is 33.1 Å². The summed E-state index contributed by atoms with van der Waals surface area (Å²) in [6.45, 7) is 2.81. The highest BCUT2D eigenvalue weighted by Crippen LogP contribution is 2.31. The second-order valence-corrected chi connectivity index (χ2v) is 7.43. The predicted molar refractivity (Wildman–Crippen MR) is 109 cm³/mol. The molecule has 0 bridgehead atoms. The van der Waals surface area contributed by atoms with Gasteiger partial charge in [0.1, 0.15) is 5.52 Å². The zero-order chi connectivity index (χ0) is 18.2. The van der Waals surface area contributed by atoms with Crippen LogP contribution in [-0.2, 0) is 6.42 Å². The fourth-order valence-electron chi connectivity index (χ4n) is 4.13. The third-order valence-electron chi connectivity index (χ3n) is 5.69. The van der Waals surface area contributed by atoms with Gasteiger partial charge in [-0.05, 0) is 54.7 Å². The highest BCUT2D eigenvalue weighted by atomic mass is 15.4. The van der Waals surface area contributed by atoms with Crippen molar-refractivity contribution in [3.63, 3.8) is 0 Å². The van der Waals surface area contributed by atoms with Crippen molar-refractivity contribution in [3.05, 3.63) is 59.2 Å². The molecule has 5 rings (SSSR count). The van der Waals surface area contributed by atoms with Crippen LogP contribution in [0.2, 0.25) is 0 Å². The molecule has 27 heavy (non-hydrogen) atoms. The van der Waals surface area contributed by atoms with Crippen LogP contribution in [0, 0.1) is 0 Å². The Kier molecular flexibility index (Phi) is 4.07. The largest absolute Gasteiger partial charge is 0.260 e. The van der Waals surface area contributed by atoms with E-state index in [0.29, 0.717) is 12.6 Å². The van der Waals surface area contributed by atoms with Crippen molar-refractivity contribution in [2.45, 2.75) is 45.1 Å². The summed E-state index contributed by atoms with van der Waals surface area (Å²) in [5.74, 6) is 0.796. The van der Waals surface area contributed by atoms with E-state index in [4.69, 9.17) is 4.99 Å². The lowest BCUT2D eigenvalue weighted by Gasteiger charge is -2.09. The number of amidine groups is 1. The molecule has 0 atom stereocenters. The van der Waals surface area contributed by atoms with Crippen molar-refractivity contribution >= 4 is 22.6 Å². The Morgan fingerprint density at radius 2 is 1.93 bits per heavy atom. The van der Waals surface area contributed by atoms with Crippen molar-refractivity contribution in [3.8, 4) is 0 Å². The molecule has 0 amide bonds. The molecule has 0 N–H and O–H groups in total. The Hall–Kier alpha value is -2.82. The Morgan fingerprint density at radius 1 is 1.04 bits per heavy atom. The van der Waals surface area contributed by atoms with Gasteiger partial charge in [-0.25, -0.2) is 9.67 Å². The first-order chi connectivity index (χ1) is 13.3. The van der Waals surface area contributed by atoms with Crippen molar-refractivity contribution in [1.82, 2.24) is 15.0 Å². The second-order valence-electron chi connectivity index (χ2n) is 7.43. The van der Waals surface area contributed by atoms with Gasteiger partial charge < -0.3 is 0 Å². The summed E-state index contributed by atoms with van der Waals surface area (Å²) >= 11 is 0. The molecule has 2 aromatic carbocycles. The van der Waals surface area contributed by atoms with E-state index in [9.17, 15) is 0 Å². The Labute approximate surface area is 158 Å². The summed E-state index contributed by atoms with van der Waals surface area (Å²) in [6.07, 6.45) is 6.02. The number of hydrogen-bond donors (Lipinski definition) is 0. The van der Waals surface area contributed by atoms with E-state index < -0.39 is 0 Å². The minimum absolute atomic E-state index is 0.500. The van der Waals surface area contributed by atoms with E-state index in [-0.39, 0.29) is 0 Å².